The zero-order valence-electron chi connectivity index (χ0n) is 24.5. The molecule has 4 aromatic heterocycles. The topological polar surface area (TPSA) is 18.1 Å². The Morgan fingerprint density at radius 2 is 1.11 bits per heavy atom. The number of furan rings is 1. The Morgan fingerprint density at radius 1 is 0.413 bits per heavy atom. The van der Waals surface area contributed by atoms with E-state index in [2.05, 4.69) is 144 Å². The third-order valence-electron chi connectivity index (χ3n) is 9.60. The minimum absolute atomic E-state index is 0.904. The largest absolute Gasteiger partial charge is 0.455 e. The summed E-state index contributed by atoms with van der Waals surface area (Å²) in [6, 6.07) is 50.9. The quantitative estimate of drug-likeness (QED) is 0.188. The van der Waals surface area contributed by atoms with Crippen LogP contribution in [0.15, 0.2) is 144 Å². The fraction of sp³-hybridized carbons (Fsp3) is 0. The smallest absolute Gasteiger partial charge is 0.143 e. The van der Waals surface area contributed by atoms with Crippen LogP contribution in [0, 0.1) is 0 Å². The highest BCUT2D eigenvalue weighted by molar-refractivity contribution is 7.26. The molecule has 0 saturated heterocycles. The van der Waals surface area contributed by atoms with Crippen LogP contribution in [0.2, 0.25) is 0 Å². The first-order valence-corrected chi connectivity index (χ1v) is 17.1. The molecule has 0 saturated carbocycles. The number of hydrogen-bond donors (Lipinski definition) is 0. The van der Waals surface area contributed by atoms with Crippen molar-refractivity contribution in [2.45, 2.75) is 0 Å². The van der Waals surface area contributed by atoms with E-state index in [1.807, 2.05) is 22.7 Å². The van der Waals surface area contributed by atoms with Crippen LogP contribution in [-0.2, 0) is 0 Å². The Morgan fingerprint density at radius 3 is 1.98 bits per heavy atom. The lowest BCUT2D eigenvalue weighted by molar-refractivity contribution is 0.670. The van der Waals surface area contributed by atoms with Gasteiger partial charge in [0.1, 0.15) is 11.2 Å². The average Bonchev–Trinajstić information content (AvgIpc) is 3.85. The number of thiophene rings is 2. The summed E-state index contributed by atoms with van der Waals surface area (Å²) in [5, 5.41) is 10.1. The van der Waals surface area contributed by atoms with Crippen LogP contribution in [0.5, 0.6) is 0 Å². The van der Waals surface area contributed by atoms with Gasteiger partial charge in [-0.2, -0.15) is 0 Å². The van der Waals surface area contributed by atoms with Crippen LogP contribution >= 0.6 is 22.7 Å². The van der Waals surface area contributed by atoms with E-state index in [1.54, 1.807) is 0 Å². The van der Waals surface area contributed by atoms with Gasteiger partial charge < -0.3 is 8.98 Å². The molecule has 0 bridgehead atoms. The number of rotatable bonds is 2. The Bertz CT molecular complexity index is 3040. The molecule has 4 heterocycles. The Balaban J connectivity index is 1.17. The summed E-state index contributed by atoms with van der Waals surface area (Å²) in [5.74, 6) is 0. The van der Waals surface area contributed by atoms with Crippen molar-refractivity contribution in [3.8, 4) is 16.8 Å². The van der Waals surface area contributed by atoms with Crippen LogP contribution in [0.25, 0.3) is 101 Å². The molecule has 46 heavy (non-hydrogen) atoms. The molecule has 7 aromatic carbocycles. The maximum Gasteiger partial charge on any atom is 0.143 e. The molecule has 0 aliphatic rings. The molecule has 11 aromatic rings. The fourth-order valence-electron chi connectivity index (χ4n) is 7.56. The second-order valence-corrected chi connectivity index (χ2v) is 14.2. The van der Waals surface area contributed by atoms with Crippen molar-refractivity contribution in [3.05, 3.63) is 140 Å². The predicted molar refractivity (Wildman–Crippen MR) is 199 cm³/mol. The van der Waals surface area contributed by atoms with E-state index >= 15 is 0 Å². The van der Waals surface area contributed by atoms with Gasteiger partial charge in [-0.1, -0.05) is 91.0 Å². The van der Waals surface area contributed by atoms with Gasteiger partial charge in [0, 0.05) is 78.7 Å². The molecule has 0 unspecified atom stereocenters. The normalized spacial score (nSPS) is 12.3. The lowest BCUT2D eigenvalue weighted by atomic mass is 10.00. The second kappa shape index (κ2) is 9.07. The lowest BCUT2D eigenvalue weighted by Gasteiger charge is -2.08. The van der Waals surface area contributed by atoms with Gasteiger partial charge in [0.05, 0.1) is 11.0 Å². The zero-order chi connectivity index (χ0) is 29.9. The first kappa shape index (κ1) is 24.8. The number of para-hydroxylation sites is 2. The van der Waals surface area contributed by atoms with Crippen LogP contribution in [-0.4, -0.2) is 4.57 Å². The van der Waals surface area contributed by atoms with Crippen LogP contribution in [0.4, 0.5) is 0 Å². The molecule has 0 aliphatic carbocycles. The van der Waals surface area contributed by atoms with Crippen molar-refractivity contribution >= 4 is 107 Å². The summed E-state index contributed by atoms with van der Waals surface area (Å²) in [6.07, 6.45) is 0. The lowest BCUT2D eigenvalue weighted by Crippen LogP contribution is -1.93. The zero-order valence-corrected chi connectivity index (χ0v) is 26.1. The van der Waals surface area contributed by atoms with Gasteiger partial charge in [0.25, 0.3) is 0 Å². The molecule has 0 aliphatic heterocycles. The molecular weight excluding hydrogens is 599 g/mol. The summed E-state index contributed by atoms with van der Waals surface area (Å²) in [5.41, 5.74) is 7.77. The molecule has 0 atom stereocenters. The summed E-state index contributed by atoms with van der Waals surface area (Å²) < 4.78 is 14.4. The summed E-state index contributed by atoms with van der Waals surface area (Å²) >= 11 is 3.73. The highest BCUT2D eigenvalue weighted by Gasteiger charge is 2.19. The van der Waals surface area contributed by atoms with Gasteiger partial charge in [-0.05, 0) is 48.5 Å². The van der Waals surface area contributed by atoms with Gasteiger partial charge in [0.15, 0.2) is 0 Å². The average molecular weight is 622 g/mol. The molecular formula is C42H23NOS2. The summed E-state index contributed by atoms with van der Waals surface area (Å²) in [7, 11) is 0. The molecule has 11 rings (SSSR count). The molecule has 2 nitrogen and oxygen atoms in total. The second-order valence-electron chi connectivity index (χ2n) is 12.1. The maximum atomic E-state index is 6.70. The van der Waals surface area contributed by atoms with E-state index in [0.29, 0.717) is 0 Å². The van der Waals surface area contributed by atoms with Crippen LogP contribution in [0.3, 0.4) is 0 Å². The predicted octanol–water partition coefficient (Wildman–Crippen LogP) is 13.1. The number of aromatic nitrogens is 1. The molecule has 214 valence electrons. The van der Waals surface area contributed by atoms with Gasteiger partial charge in [-0.15, -0.1) is 22.7 Å². The third kappa shape index (κ3) is 3.30. The Labute approximate surface area is 270 Å². The minimum atomic E-state index is 0.904. The highest BCUT2D eigenvalue weighted by atomic mass is 32.1. The van der Waals surface area contributed by atoms with E-state index in [1.165, 1.54) is 67.7 Å². The Kier molecular flexibility index (Phi) is 4.90. The fourth-order valence-corrected chi connectivity index (χ4v) is 9.92. The maximum absolute atomic E-state index is 6.70. The molecule has 0 fully saturated rings. The van der Waals surface area contributed by atoms with E-state index in [9.17, 15) is 0 Å². The number of nitrogens with zero attached hydrogens (tertiary/aromatic N) is 1. The van der Waals surface area contributed by atoms with Gasteiger partial charge in [-0.25, -0.2) is 0 Å². The standard InChI is InChI=1S/C42H23NOS2/c1-4-16-35-25(9-1)32-23-40-34(27-11-3-5-17-38(27)45-40)22-36(32)43(35)24-19-20-37-33(21-24)29-13-7-12-28(41(29)44-37)31-15-8-14-30-26-10-2-6-18-39(26)46-42(30)31/h1-23H. The molecule has 0 spiro atoms. The third-order valence-corrected chi connectivity index (χ3v) is 12.0. The number of benzene rings is 7. The van der Waals surface area contributed by atoms with Crippen molar-refractivity contribution in [3.63, 3.8) is 0 Å². The van der Waals surface area contributed by atoms with Crippen molar-refractivity contribution in [2.24, 2.45) is 0 Å². The Hall–Kier alpha value is -5.42. The van der Waals surface area contributed by atoms with E-state index < -0.39 is 0 Å². The van der Waals surface area contributed by atoms with Crippen LogP contribution in [0.1, 0.15) is 0 Å². The van der Waals surface area contributed by atoms with Crippen LogP contribution < -0.4 is 0 Å². The van der Waals surface area contributed by atoms with Crippen molar-refractivity contribution in [2.75, 3.05) is 0 Å². The van der Waals surface area contributed by atoms with Crippen molar-refractivity contribution < 1.29 is 4.42 Å². The first-order valence-electron chi connectivity index (χ1n) is 15.5. The highest BCUT2D eigenvalue weighted by Crippen LogP contribution is 2.45. The molecule has 0 radical (unpaired) electrons. The molecule has 0 N–H and O–H groups in total. The monoisotopic (exact) mass is 621 g/mol. The van der Waals surface area contributed by atoms with E-state index in [4.69, 9.17) is 4.42 Å². The first-order chi connectivity index (χ1) is 22.8. The van der Waals surface area contributed by atoms with Gasteiger partial charge >= 0.3 is 0 Å². The molecule has 0 amide bonds. The van der Waals surface area contributed by atoms with Crippen molar-refractivity contribution in [1.29, 1.82) is 0 Å². The summed E-state index contributed by atoms with van der Waals surface area (Å²) in [6.45, 7) is 0. The summed E-state index contributed by atoms with van der Waals surface area (Å²) in [4.78, 5) is 0. The minimum Gasteiger partial charge on any atom is -0.455 e. The van der Waals surface area contributed by atoms with Gasteiger partial charge in [-0.3, -0.25) is 0 Å². The number of hydrogen-bond acceptors (Lipinski definition) is 3. The van der Waals surface area contributed by atoms with Gasteiger partial charge in [0.2, 0.25) is 0 Å². The number of fused-ring (bicyclic) bond motifs is 12. The van der Waals surface area contributed by atoms with E-state index in [0.717, 1.165) is 33.2 Å². The SMILES string of the molecule is c1ccc2c(c1)sc1cc3c4ccccc4n(-c4ccc5oc6c(-c7cccc8c7sc7ccccc78)cccc6c5c4)c3cc12. The molecule has 4 heteroatoms. The van der Waals surface area contributed by atoms with E-state index in [-0.39, 0.29) is 0 Å². The van der Waals surface area contributed by atoms with Crippen molar-refractivity contribution in [1.82, 2.24) is 4.57 Å².